The van der Waals surface area contributed by atoms with E-state index in [0.29, 0.717) is 5.56 Å². The number of alkyl halides is 3. The molecule has 18 heteroatoms. The van der Waals surface area contributed by atoms with E-state index in [1.807, 2.05) is 0 Å². The predicted octanol–water partition coefficient (Wildman–Crippen LogP) is 1.64. The molecule has 3 aromatic rings. The van der Waals surface area contributed by atoms with Gasteiger partial charge in [-0.2, -0.15) is 36.2 Å². The van der Waals surface area contributed by atoms with Gasteiger partial charge >= 0.3 is 17.8 Å². The van der Waals surface area contributed by atoms with Crippen LogP contribution in [0.3, 0.4) is 0 Å². The van der Waals surface area contributed by atoms with Crippen LogP contribution >= 0.6 is 11.3 Å². The molecule has 0 atom stereocenters. The first-order valence-corrected chi connectivity index (χ1v) is 11.8. The highest BCUT2D eigenvalue weighted by Crippen LogP contribution is 2.28. The normalized spacial score (nSPS) is 11.6. The average Bonchev–Trinajstić information content (AvgIpc) is 3.47. The summed E-state index contributed by atoms with van der Waals surface area (Å²) in [6.07, 6.45) is -3.35. The fourth-order valence-corrected chi connectivity index (χ4v) is 3.94. The summed E-state index contributed by atoms with van der Waals surface area (Å²) in [5.41, 5.74) is 5.11. The van der Waals surface area contributed by atoms with Crippen molar-refractivity contribution in [1.29, 1.82) is 0 Å². The summed E-state index contributed by atoms with van der Waals surface area (Å²) in [4.78, 5) is 22.4. The van der Waals surface area contributed by atoms with E-state index in [2.05, 4.69) is 15.3 Å². The molecule has 0 radical (unpaired) electrons. The quantitative estimate of drug-likeness (QED) is 0.378. The minimum absolute atomic E-state index is 0.126. The van der Waals surface area contributed by atoms with Gasteiger partial charge in [0.1, 0.15) is 5.82 Å². The smallest absolute Gasteiger partial charge is 0.475 e. The molecular formula is C17H17F5N6O5S2. The largest absolute Gasteiger partial charge is 0.490 e. The van der Waals surface area contributed by atoms with Crippen LogP contribution in [0.15, 0.2) is 41.0 Å². The van der Waals surface area contributed by atoms with Crippen molar-refractivity contribution < 1.29 is 40.3 Å². The SMILES string of the molecule is CS(=O)(=O)n1cc(-c2ccc(Cn3c(CC(CN)=C(F)F)n[nH]c3=O)s2)cn1.O=C(O)C(F)(F)F. The average molecular weight is 544 g/mol. The number of aromatic amines is 1. The summed E-state index contributed by atoms with van der Waals surface area (Å²) in [6, 6.07) is 3.53. The molecule has 3 heterocycles. The van der Waals surface area contributed by atoms with E-state index in [-0.39, 0.29) is 30.9 Å². The molecule has 3 aromatic heterocycles. The van der Waals surface area contributed by atoms with E-state index in [4.69, 9.17) is 15.6 Å². The maximum atomic E-state index is 12.9. The number of carbonyl (C=O) groups is 1. The molecule has 4 N–H and O–H groups in total. The predicted molar refractivity (Wildman–Crippen MR) is 113 cm³/mol. The number of carboxylic acid groups (broad SMARTS) is 1. The van der Waals surface area contributed by atoms with Crippen LogP contribution in [0, 0.1) is 0 Å². The lowest BCUT2D eigenvalue weighted by Gasteiger charge is -2.05. The van der Waals surface area contributed by atoms with Crippen molar-refractivity contribution >= 4 is 27.3 Å². The molecule has 0 aliphatic carbocycles. The Labute approximate surface area is 197 Å². The van der Waals surface area contributed by atoms with Crippen LogP contribution < -0.4 is 11.4 Å². The number of carboxylic acids is 1. The van der Waals surface area contributed by atoms with Gasteiger partial charge in [0, 0.05) is 33.9 Å². The van der Waals surface area contributed by atoms with E-state index < -0.39 is 33.9 Å². The first-order valence-electron chi connectivity index (χ1n) is 9.15. The maximum absolute atomic E-state index is 12.9. The molecule has 192 valence electrons. The van der Waals surface area contributed by atoms with Gasteiger partial charge in [-0.1, -0.05) is 0 Å². The van der Waals surface area contributed by atoms with Crippen LogP contribution in [-0.4, -0.2) is 62.4 Å². The zero-order valence-corrected chi connectivity index (χ0v) is 19.2. The number of aromatic nitrogens is 5. The third kappa shape index (κ3) is 7.55. The molecule has 0 aliphatic rings. The Morgan fingerprint density at radius 3 is 2.40 bits per heavy atom. The fraction of sp³-hybridized carbons (Fsp3) is 0.294. The lowest BCUT2D eigenvalue weighted by atomic mass is 10.2. The molecular weight excluding hydrogens is 527 g/mol. The van der Waals surface area contributed by atoms with Gasteiger partial charge in [-0.3, -0.25) is 4.57 Å². The Balaban J connectivity index is 0.000000540. The topological polar surface area (TPSA) is 166 Å². The molecule has 0 aromatic carbocycles. The van der Waals surface area contributed by atoms with E-state index in [0.717, 1.165) is 20.1 Å². The van der Waals surface area contributed by atoms with Crippen molar-refractivity contribution in [3.05, 3.63) is 57.4 Å². The second-order valence-electron chi connectivity index (χ2n) is 6.71. The van der Waals surface area contributed by atoms with Crippen molar-refractivity contribution in [2.45, 2.75) is 19.1 Å². The number of hydrogen-bond donors (Lipinski definition) is 3. The highest BCUT2D eigenvalue weighted by atomic mass is 32.2. The number of halogens is 5. The second-order valence-corrected chi connectivity index (χ2v) is 9.72. The van der Waals surface area contributed by atoms with Crippen LogP contribution in [0.2, 0.25) is 0 Å². The van der Waals surface area contributed by atoms with Gasteiger partial charge in [0.25, 0.3) is 16.1 Å². The maximum Gasteiger partial charge on any atom is 0.490 e. The van der Waals surface area contributed by atoms with E-state index in [1.165, 1.54) is 28.3 Å². The number of thiophene rings is 1. The van der Waals surface area contributed by atoms with Crippen molar-refractivity contribution in [3.8, 4) is 10.4 Å². The van der Waals surface area contributed by atoms with E-state index in [1.54, 1.807) is 12.1 Å². The molecule has 0 saturated carbocycles. The summed E-state index contributed by atoms with van der Waals surface area (Å²) in [5, 5.41) is 17.0. The lowest BCUT2D eigenvalue weighted by Crippen LogP contribution is -2.21. The summed E-state index contributed by atoms with van der Waals surface area (Å²) in [5.74, 6) is -2.61. The zero-order chi connectivity index (χ0) is 26.6. The Morgan fingerprint density at radius 2 is 1.91 bits per heavy atom. The van der Waals surface area contributed by atoms with E-state index in [9.17, 15) is 35.2 Å². The highest BCUT2D eigenvalue weighted by molar-refractivity contribution is 7.89. The van der Waals surface area contributed by atoms with Crippen LogP contribution in [0.25, 0.3) is 10.4 Å². The number of hydrogen-bond acceptors (Lipinski definition) is 8. The van der Waals surface area contributed by atoms with Gasteiger partial charge in [-0.15, -0.1) is 11.3 Å². The zero-order valence-electron chi connectivity index (χ0n) is 17.6. The Morgan fingerprint density at radius 1 is 1.29 bits per heavy atom. The Bertz CT molecular complexity index is 1380. The van der Waals surface area contributed by atoms with Crippen molar-refractivity contribution in [2.75, 3.05) is 12.8 Å². The van der Waals surface area contributed by atoms with Gasteiger partial charge < -0.3 is 10.8 Å². The van der Waals surface area contributed by atoms with Crippen molar-refractivity contribution in [1.82, 2.24) is 24.0 Å². The Hall–Kier alpha value is -3.38. The molecule has 0 amide bonds. The minimum atomic E-state index is -5.08. The monoisotopic (exact) mass is 544 g/mol. The minimum Gasteiger partial charge on any atom is -0.475 e. The summed E-state index contributed by atoms with van der Waals surface area (Å²) < 4.78 is 82.6. The highest BCUT2D eigenvalue weighted by Gasteiger charge is 2.38. The van der Waals surface area contributed by atoms with Crippen LogP contribution in [-0.2, 0) is 27.8 Å². The fourth-order valence-electron chi connectivity index (χ4n) is 2.44. The summed E-state index contributed by atoms with van der Waals surface area (Å²) in [7, 11) is -3.48. The standard InChI is InChI=1S/C15H16F2N6O3S2.C2HF3O2/c1-28(25,26)23-7-10(6-19-23)12-3-2-11(27-12)8-22-13(20-21-15(22)24)4-9(5-18)14(16)17;3-2(4,5)1(6)7/h2-3,6-7H,4-5,8,18H2,1H3,(H,21,24);(H,6,7). The van der Waals surface area contributed by atoms with Gasteiger partial charge in [-0.05, 0) is 12.1 Å². The molecule has 0 aliphatic heterocycles. The van der Waals surface area contributed by atoms with Crippen LogP contribution in [0.1, 0.15) is 10.7 Å². The molecule has 0 fully saturated rings. The molecule has 0 saturated heterocycles. The molecule has 35 heavy (non-hydrogen) atoms. The molecule has 0 spiro atoms. The van der Waals surface area contributed by atoms with Crippen LogP contribution in [0.5, 0.6) is 0 Å². The number of nitrogens with two attached hydrogens (primary N) is 1. The van der Waals surface area contributed by atoms with Gasteiger partial charge in [0.05, 0.1) is 25.2 Å². The van der Waals surface area contributed by atoms with Crippen molar-refractivity contribution in [2.24, 2.45) is 5.73 Å². The van der Waals surface area contributed by atoms with Crippen molar-refractivity contribution in [3.63, 3.8) is 0 Å². The third-order valence-corrected chi connectivity index (χ3v) is 6.12. The number of nitrogens with one attached hydrogen (secondary N) is 1. The Kier molecular flexibility index (Phi) is 8.69. The number of rotatable bonds is 7. The first-order chi connectivity index (χ1) is 16.1. The van der Waals surface area contributed by atoms with E-state index >= 15 is 0 Å². The summed E-state index contributed by atoms with van der Waals surface area (Å²) in [6.45, 7) is -0.210. The molecule has 0 unspecified atom stereocenters. The molecule has 0 bridgehead atoms. The van der Waals surface area contributed by atoms with Gasteiger partial charge in [-0.25, -0.2) is 23.1 Å². The van der Waals surface area contributed by atoms with Gasteiger partial charge in [0.2, 0.25) is 0 Å². The third-order valence-electron chi connectivity index (χ3n) is 4.13. The number of aliphatic carboxylic acids is 1. The number of nitrogens with zero attached hydrogens (tertiary/aromatic N) is 4. The first kappa shape index (κ1) is 27.9. The van der Waals surface area contributed by atoms with Crippen LogP contribution in [0.4, 0.5) is 22.0 Å². The second kappa shape index (κ2) is 10.9. The molecule has 3 rings (SSSR count). The van der Waals surface area contributed by atoms with Gasteiger partial charge in [0.15, 0.2) is 0 Å². The molecule has 11 nitrogen and oxygen atoms in total. The summed E-state index contributed by atoms with van der Waals surface area (Å²) >= 11 is 1.32. The lowest BCUT2D eigenvalue weighted by molar-refractivity contribution is -0.192. The number of H-pyrrole nitrogens is 1.